The molecular weight excluding hydrogens is 1290 g/mol. The van der Waals surface area contributed by atoms with Crippen molar-refractivity contribution in [3.05, 3.63) is 153 Å². The number of benzene rings is 6. The van der Waals surface area contributed by atoms with Gasteiger partial charge in [0, 0.05) is 64.0 Å². The van der Waals surface area contributed by atoms with Crippen molar-refractivity contribution in [1.82, 2.24) is 0 Å². The molecule has 0 atom stereocenters. The van der Waals surface area contributed by atoms with Crippen LogP contribution in [0.4, 0.5) is 8.78 Å². The first kappa shape index (κ1) is 60.9. The fourth-order valence-electron chi connectivity index (χ4n) is 5.44. The molecule has 63 heavy (non-hydrogen) atoms. The van der Waals surface area contributed by atoms with Crippen molar-refractivity contribution < 1.29 is 137 Å². The van der Waals surface area contributed by atoms with Gasteiger partial charge in [-0.1, -0.05) is 105 Å². The van der Waals surface area contributed by atoms with Gasteiger partial charge in [0.25, 0.3) is 6.47 Å². The molecule has 1 fully saturated rings. The first-order chi connectivity index (χ1) is 28.7. The average molecular weight is 1330 g/mol. The van der Waals surface area contributed by atoms with Gasteiger partial charge >= 0.3 is 110 Å². The quantitative estimate of drug-likeness (QED) is 0.0270. The summed E-state index contributed by atoms with van der Waals surface area (Å²) in [6.45, 7) is 8.02. The Balaban J connectivity index is 0.000000413. The fraction of sp³-hybridized carbons (Fsp3) is 0.140. The zero-order valence-corrected chi connectivity index (χ0v) is 52.3. The molecule has 0 bridgehead atoms. The molecule has 1 saturated heterocycles. The molecule has 1 aliphatic rings. The Morgan fingerprint density at radius 3 is 1.75 bits per heavy atom. The van der Waals surface area contributed by atoms with E-state index in [2.05, 4.69) is 102 Å². The second-order valence-electron chi connectivity index (χ2n) is 13.6. The van der Waals surface area contributed by atoms with Crippen LogP contribution >= 0.6 is 142 Å². The van der Waals surface area contributed by atoms with Crippen LogP contribution in [0.5, 0.6) is 0 Å². The number of hydrogen-bond acceptors (Lipinski definition) is 8. The molecule has 0 amide bonds. The topological polar surface area (TPSA) is 67.8 Å². The van der Waals surface area contributed by atoms with Crippen molar-refractivity contribution in [2.24, 2.45) is 0 Å². The Bertz CT molecular complexity index is 2600. The minimum absolute atomic E-state index is 0. The summed E-state index contributed by atoms with van der Waals surface area (Å²) in [6, 6.07) is 33.5. The molecule has 0 spiro atoms. The fourth-order valence-corrected chi connectivity index (χ4v) is 10.4. The van der Waals surface area contributed by atoms with E-state index in [1.54, 1.807) is 23.5 Å². The standard InChI is InChI=1S/C12H17BO2S.C12H7BrClFS.C12H6BrClS.C6H2BrClFI.CH2O3.2K.H/c1-11(2)12(3,4)15-13(14-11)9-7-5-6-8-10(9)16;13-9-5-7(14)6-10(15)12(9)8-3-1-2-4-11(8)16;13-9-5-7(14)6-11-12(9)8-3-1-2-4-10(8)15-11;7-4-1-3(8)2-5(9)6(4)10;2-1-4-3;;;/h5-8,16H,1-4H3;1-6,16H;1-6H;1-2H;1,3H;;;/q;;;;;2*+1;-1/p-1. The predicted molar refractivity (Wildman–Crippen MR) is 273 cm³/mol. The third-order valence-electron chi connectivity index (χ3n) is 9.01. The van der Waals surface area contributed by atoms with Gasteiger partial charge in [0.05, 0.1) is 14.8 Å². The van der Waals surface area contributed by atoms with Crippen LogP contribution in [0.15, 0.2) is 132 Å². The van der Waals surface area contributed by atoms with E-state index in [1.165, 1.54) is 32.3 Å². The van der Waals surface area contributed by atoms with Crippen molar-refractivity contribution in [2.45, 2.75) is 48.7 Å². The molecular formula is C43H34BBr3Cl3F2IK2O5S3. The third kappa shape index (κ3) is 17.3. The summed E-state index contributed by atoms with van der Waals surface area (Å²) in [6.07, 6.45) is 0. The van der Waals surface area contributed by atoms with Crippen LogP contribution < -0.4 is 113 Å². The number of fused-ring (bicyclic) bond motifs is 3. The van der Waals surface area contributed by atoms with E-state index in [0.29, 0.717) is 28.1 Å². The van der Waals surface area contributed by atoms with Crippen LogP contribution in [-0.4, -0.2) is 24.8 Å². The molecule has 0 saturated carbocycles. The van der Waals surface area contributed by atoms with Crippen molar-refractivity contribution in [3.63, 3.8) is 0 Å². The number of carbonyl (C=O) groups is 1. The van der Waals surface area contributed by atoms with Crippen molar-refractivity contribution in [3.8, 4) is 11.1 Å². The maximum atomic E-state index is 13.8. The molecule has 1 aromatic heterocycles. The Kier molecular flexibility index (Phi) is 27.7. The van der Waals surface area contributed by atoms with E-state index in [-0.39, 0.29) is 141 Å². The minimum Gasteiger partial charge on any atom is -1.00 e. The van der Waals surface area contributed by atoms with E-state index in [4.69, 9.17) is 54.2 Å². The summed E-state index contributed by atoms with van der Waals surface area (Å²) in [5.74, 6) is -0.652. The number of rotatable bonds is 3. The van der Waals surface area contributed by atoms with Crippen molar-refractivity contribution in [2.75, 3.05) is 0 Å². The number of thiophene rings is 1. The van der Waals surface area contributed by atoms with Gasteiger partial charge in [-0.2, -0.15) is 0 Å². The number of thiol groups is 2. The van der Waals surface area contributed by atoms with Crippen molar-refractivity contribution >= 4 is 181 Å². The molecule has 0 N–H and O–H groups in total. The molecule has 20 heteroatoms. The van der Waals surface area contributed by atoms with Gasteiger partial charge in [0.2, 0.25) is 0 Å². The molecule has 1 aliphatic heterocycles. The molecule has 5 nitrogen and oxygen atoms in total. The second kappa shape index (κ2) is 28.6. The van der Waals surface area contributed by atoms with Gasteiger partial charge in [-0.3, -0.25) is 4.79 Å². The zero-order chi connectivity index (χ0) is 45.2. The maximum Gasteiger partial charge on any atom is 1.00 e. The summed E-state index contributed by atoms with van der Waals surface area (Å²) in [7, 11) is -0.321. The van der Waals surface area contributed by atoms with Gasteiger partial charge in [0.1, 0.15) is 11.6 Å². The van der Waals surface area contributed by atoms with Crippen LogP contribution in [0.25, 0.3) is 31.3 Å². The van der Waals surface area contributed by atoms with Gasteiger partial charge < -0.3 is 20.9 Å². The number of hydrogen-bond donors (Lipinski definition) is 2. The van der Waals surface area contributed by atoms with Crippen molar-refractivity contribution in [1.29, 1.82) is 0 Å². The van der Waals surface area contributed by atoms with Gasteiger partial charge in [-0.05, 0) is 148 Å². The van der Waals surface area contributed by atoms with E-state index in [0.717, 1.165) is 30.3 Å². The molecule has 8 rings (SSSR count). The first-order valence-corrected chi connectivity index (χ1v) is 23.9. The Hall–Kier alpha value is 1.83. The van der Waals surface area contributed by atoms with Crippen LogP contribution in [-0.2, 0) is 19.0 Å². The zero-order valence-electron chi connectivity index (χ0n) is 35.3. The van der Waals surface area contributed by atoms with E-state index >= 15 is 0 Å². The maximum absolute atomic E-state index is 13.8. The summed E-state index contributed by atoms with van der Waals surface area (Å²) in [5.41, 5.74) is 1.62. The van der Waals surface area contributed by atoms with Crippen LogP contribution in [0.1, 0.15) is 29.1 Å². The van der Waals surface area contributed by atoms with Crippen LogP contribution in [0, 0.1) is 15.2 Å². The third-order valence-corrected chi connectivity index (χ3v) is 15.3. The van der Waals surface area contributed by atoms with Gasteiger partial charge in [-0.25, -0.2) is 8.78 Å². The first-order valence-electron chi connectivity index (χ1n) is 17.6. The predicted octanol–water partition coefficient (Wildman–Crippen LogP) is 9.34. The van der Waals surface area contributed by atoms with Crippen LogP contribution in [0.3, 0.4) is 0 Å². The molecule has 0 aliphatic carbocycles. The minimum atomic E-state index is -0.360. The summed E-state index contributed by atoms with van der Waals surface area (Å²) in [5, 5.41) is 12.5. The molecule has 7 aromatic rings. The van der Waals surface area contributed by atoms with Gasteiger partial charge in [0.15, 0.2) is 0 Å². The largest absolute Gasteiger partial charge is 1.00 e. The smallest absolute Gasteiger partial charge is 1.00 e. The summed E-state index contributed by atoms with van der Waals surface area (Å²) in [4.78, 5) is 12.9. The Morgan fingerprint density at radius 2 is 1.21 bits per heavy atom. The molecule has 6 aromatic carbocycles. The average Bonchev–Trinajstić information content (AvgIpc) is 3.67. The van der Waals surface area contributed by atoms with E-state index in [1.807, 2.05) is 111 Å². The summed E-state index contributed by atoms with van der Waals surface area (Å²) >= 11 is 39.8. The van der Waals surface area contributed by atoms with E-state index in [9.17, 15) is 8.78 Å². The molecule has 0 radical (unpaired) electrons. The summed E-state index contributed by atoms with van der Waals surface area (Å²) < 4.78 is 43.9. The Morgan fingerprint density at radius 1 is 0.730 bits per heavy atom. The van der Waals surface area contributed by atoms with E-state index < -0.39 is 0 Å². The second-order valence-corrected chi connectivity index (χ2v) is 20.6. The number of carbonyl (C=O) groups excluding carboxylic acids is 1. The molecule has 0 unspecified atom stereocenters. The monoisotopic (exact) mass is 1320 g/mol. The molecule has 2 heterocycles. The van der Waals surface area contributed by atoms with Crippen LogP contribution in [0.2, 0.25) is 15.1 Å². The Labute approximate surface area is 521 Å². The van der Waals surface area contributed by atoms with Gasteiger partial charge in [-0.15, -0.1) is 36.6 Å². The molecule has 322 valence electrons. The SMILES string of the molecule is CC1(C)OB(c2ccccc2S)OC1(C)C.Clc1cc(Br)c2c(c1)sc1ccccc12.Fc1cc(Cl)cc(Br)c1-c1ccccc1S.Fc1cc(Cl)cc(Br)c1I.O=CO[O-].[H-].[K+].[K+]. The number of halogens is 9. The normalized spacial score (nSPS) is 13.0.